The van der Waals surface area contributed by atoms with E-state index in [1.54, 1.807) is 6.92 Å². The fraction of sp³-hybridized carbons (Fsp3) is 0.400. The van der Waals surface area contributed by atoms with Crippen molar-refractivity contribution < 1.29 is 32.2 Å². The van der Waals surface area contributed by atoms with Gasteiger partial charge in [-0.1, -0.05) is 12.1 Å². The lowest BCUT2D eigenvalue weighted by molar-refractivity contribution is -0.137. The Balaban J connectivity index is 1.72. The Hall–Kier alpha value is -2.39. The van der Waals surface area contributed by atoms with Gasteiger partial charge in [0.05, 0.1) is 35.5 Å². The van der Waals surface area contributed by atoms with Gasteiger partial charge in [-0.2, -0.15) is 13.2 Å². The zero-order valence-electron chi connectivity index (χ0n) is 15.5. The minimum absolute atomic E-state index is 0.00443. The Morgan fingerprint density at radius 1 is 1.28 bits per heavy atom. The first kappa shape index (κ1) is 19.9. The molecule has 154 valence electrons. The van der Waals surface area contributed by atoms with Crippen molar-refractivity contribution in [1.29, 1.82) is 0 Å². The molecule has 9 heteroatoms. The zero-order valence-corrected chi connectivity index (χ0v) is 16.3. The second-order valence-corrected chi connectivity index (χ2v) is 7.95. The molecule has 1 saturated heterocycles. The molecular formula is C20H18F3NO4S. The summed E-state index contributed by atoms with van der Waals surface area (Å²) in [6.45, 7) is 1.82. The summed E-state index contributed by atoms with van der Waals surface area (Å²) in [5, 5.41) is 2.72. The number of hydrogen-bond acceptors (Lipinski definition) is 5. The van der Waals surface area contributed by atoms with Crippen LogP contribution < -0.4 is 5.32 Å². The Morgan fingerprint density at radius 3 is 2.76 bits per heavy atom. The summed E-state index contributed by atoms with van der Waals surface area (Å²) in [5.41, 5.74) is -0.533. The number of esters is 1. The van der Waals surface area contributed by atoms with E-state index >= 15 is 0 Å². The van der Waals surface area contributed by atoms with Crippen LogP contribution in [0.3, 0.4) is 0 Å². The average molecular weight is 425 g/mol. The second-order valence-electron chi connectivity index (χ2n) is 6.90. The molecule has 3 heterocycles. The van der Waals surface area contributed by atoms with Crippen molar-refractivity contribution in [3.8, 4) is 0 Å². The largest absolute Gasteiger partial charge is 0.462 e. The first-order valence-corrected chi connectivity index (χ1v) is 10.1. The molecule has 5 nitrogen and oxygen atoms in total. The number of halogens is 3. The summed E-state index contributed by atoms with van der Waals surface area (Å²) in [7, 11) is 0. The van der Waals surface area contributed by atoms with Crippen molar-refractivity contribution in [1.82, 2.24) is 0 Å². The number of anilines is 1. The maximum atomic E-state index is 13.3. The lowest BCUT2D eigenvalue weighted by Gasteiger charge is -2.21. The van der Waals surface area contributed by atoms with E-state index in [2.05, 4.69) is 5.32 Å². The van der Waals surface area contributed by atoms with E-state index < -0.39 is 29.2 Å². The molecule has 2 bridgehead atoms. The van der Waals surface area contributed by atoms with Crippen molar-refractivity contribution in [2.24, 2.45) is 0 Å². The summed E-state index contributed by atoms with van der Waals surface area (Å²) < 4.78 is 50.9. The van der Waals surface area contributed by atoms with Gasteiger partial charge in [-0.15, -0.1) is 11.3 Å². The normalized spacial score (nSPS) is 20.3. The SMILES string of the molecule is CCOC(=O)c1c(NC(=O)c2ccccc2C(F)(F)F)sc2c1CC1CCC2O1. The van der Waals surface area contributed by atoms with E-state index in [9.17, 15) is 22.8 Å². The highest BCUT2D eigenvalue weighted by atomic mass is 32.1. The van der Waals surface area contributed by atoms with Gasteiger partial charge in [0.15, 0.2) is 0 Å². The molecule has 1 aromatic carbocycles. The van der Waals surface area contributed by atoms with Crippen molar-refractivity contribution >= 4 is 28.2 Å². The molecule has 0 aliphatic carbocycles. The third-order valence-electron chi connectivity index (χ3n) is 5.05. The number of rotatable bonds is 4. The van der Waals surface area contributed by atoms with Gasteiger partial charge in [-0.25, -0.2) is 4.79 Å². The molecule has 0 radical (unpaired) electrons. The first-order chi connectivity index (χ1) is 13.8. The van der Waals surface area contributed by atoms with Gasteiger partial charge in [-0.3, -0.25) is 4.79 Å². The predicted molar refractivity (Wildman–Crippen MR) is 100 cm³/mol. The maximum Gasteiger partial charge on any atom is 0.417 e. The van der Waals surface area contributed by atoms with Crippen LogP contribution in [0, 0.1) is 0 Å². The number of carbonyl (C=O) groups excluding carboxylic acids is 2. The topological polar surface area (TPSA) is 64.6 Å². The van der Waals surface area contributed by atoms with E-state index in [1.807, 2.05) is 0 Å². The number of amides is 1. The quantitative estimate of drug-likeness (QED) is 0.703. The number of nitrogens with one attached hydrogen (secondary N) is 1. The van der Waals surface area contributed by atoms with Gasteiger partial charge >= 0.3 is 12.1 Å². The van der Waals surface area contributed by atoms with Crippen molar-refractivity contribution in [2.45, 2.75) is 44.6 Å². The van der Waals surface area contributed by atoms with Crippen LogP contribution in [-0.4, -0.2) is 24.6 Å². The summed E-state index contributed by atoms with van der Waals surface area (Å²) in [6, 6.07) is 4.55. The van der Waals surface area contributed by atoms with E-state index in [1.165, 1.54) is 23.5 Å². The fourth-order valence-corrected chi connectivity index (χ4v) is 5.11. The number of thiophene rings is 1. The molecule has 2 aliphatic rings. The lowest BCUT2D eigenvalue weighted by atomic mass is 10.0. The predicted octanol–water partition coefficient (Wildman–Crippen LogP) is 4.97. The van der Waals surface area contributed by atoms with Crippen LogP contribution in [0.1, 0.15) is 62.6 Å². The van der Waals surface area contributed by atoms with Crippen LogP contribution in [-0.2, 0) is 22.1 Å². The average Bonchev–Trinajstić information content (AvgIpc) is 3.23. The smallest absolute Gasteiger partial charge is 0.417 e. The highest BCUT2D eigenvalue weighted by Crippen LogP contribution is 2.49. The molecule has 29 heavy (non-hydrogen) atoms. The van der Waals surface area contributed by atoms with Crippen LogP contribution in [0.5, 0.6) is 0 Å². The van der Waals surface area contributed by atoms with E-state index in [0.717, 1.165) is 35.4 Å². The number of hydrogen-bond donors (Lipinski definition) is 1. The lowest BCUT2D eigenvalue weighted by Crippen LogP contribution is -2.21. The van der Waals surface area contributed by atoms with Crippen molar-refractivity contribution in [3.05, 3.63) is 51.4 Å². The van der Waals surface area contributed by atoms with Gasteiger partial charge in [0, 0.05) is 11.3 Å². The molecule has 2 aliphatic heterocycles. The zero-order chi connectivity index (χ0) is 20.8. The summed E-state index contributed by atoms with van der Waals surface area (Å²) >= 11 is 1.17. The van der Waals surface area contributed by atoms with Crippen molar-refractivity contribution in [3.63, 3.8) is 0 Å². The van der Waals surface area contributed by atoms with Gasteiger partial charge in [-0.05, 0) is 37.5 Å². The minimum atomic E-state index is -4.67. The molecule has 2 aromatic rings. The van der Waals surface area contributed by atoms with Crippen molar-refractivity contribution in [2.75, 3.05) is 11.9 Å². The molecule has 0 saturated carbocycles. The highest BCUT2D eigenvalue weighted by Gasteiger charge is 2.40. The Morgan fingerprint density at radius 2 is 2.03 bits per heavy atom. The standard InChI is InChI=1S/C20H18F3NO4S/c1-2-27-19(26)15-12-9-10-7-8-14(28-10)16(12)29-18(15)24-17(25)11-5-3-4-6-13(11)20(21,22)23/h3-6,10,14H,2,7-9H2,1H3,(H,24,25). The van der Waals surface area contributed by atoms with Crippen LogP contribution in [0.25, 0.3) is 0 Å². The molecule has 1 fully saturated rings. The Kier molecular flexibility index (Phi) is 5.12. The molecule has 1 N–H and O–H groups in total. The number of alkyl halides is 3. The number of carbonyl (C=O) groups is 2. The molecule has 0 spiro atoms. The van der Waals surface area contributed by atoms with Gasteiger partial charge < -0.3 is 14.8 Å². The second kappa shape index (κ2) is 7.46. The summed E-state index contributed by atoms with van der Waals surface area (Å²) in [6.07, 6.45) is -2.61. The minimum Gasteiger partial charge on any atom is -0.462 e. The molecule has 2 unspecified atom stereocenters. The maximum absolute atomic E-state index is 13.3. The summed E-state index contributed by atoms with van der Waals surface area (Å²) in [4.78, 5) is 26.1. The fourth-order valence-electron chi connectivity index (χ4n) is 3.83. The molecule has 1 aromatic heterocycles. The number of fused-ring (bicyclic) bond motifs is 4. The highest BCUT2D eigenvalue weighted by molar-refractivity contribution is 7.17. The van der Waals surface area contributed by atoms with E-state index in [4.69, 9.17) is 9.47 Å². The van der Waals surface area contributed by atoms with Crippen LogP contribution in [0.2, 0.25) is 0 Å². The van der Waals surface area contributed by atoms with E-state index in [-0.39, 0.29) is 29.4 Å². The van der Waals surface area contributed by atoms with Gasteiger partial charge in [0.25, 0.3) is 5.91 Å². The van der Waals surface area contributed by atoms with Gasteiger partial charge in [0.1, 0.15) is 5.00 Å². The third-order valence-corrected chi connectivity index (χ3v) is 6.29. The van der Waals surface area contributed by atoms with E-state index in [0.29, 0.717) is 6.42 Å². The van der Waals surface area contributed by atoms with Crippen LogP contribution in [0.4, 0.5) is 18.2 Å². The van der Waals surface area contributed by atoms with Gasteiger partial charge in [0.2, 0.25) is 0 Å². The molecule has 4 rings (SSSR count). The first-order valence-electron chi connectivity index (χ1n) is 9.25. The summed E-state index contributed by atoms with van der Waals surface area (Å²) in [5.74, 6) is -1.51. The molecule has 1 amide bonds. The molecular weight excluding hydrogens is 407 g/mol. The number of ether oxygens (including phenoxy) is 2. The third kappa shape index (κ3) is 3.64. The number of benzene rings is 1. The Labute approximate surface area is 168 Å². The molecule has 2 atom stereocenters. The van der Waals surface area contributed by atoms with Crippen LogP contribution in [0.15, 0.2) is 24.3 Å². The Bertz CT molecular complexity index is 969. The van der Waals surface area contributed by atoms with Crippen LogP contribution >= 0.6 is 11.3 Å². The monoisotopic (exact) mass is 425 g/mol.